The van der Waals surface area contributed by atoms with Gasteiger partial charge < -0.3 is 10.2 Å². The molecule has 0 unspecified atom stereocenters. The van der Waals surface area contributed by atoms with Crippen molar-refractivity contribution >= 4 is 5.97 Å². The molecule has 0 amide bonds. The van der Waals surface area contributed by atoms with Gasteiger partial charge in [0, 0.05) is 6.42 Å². The van der Waals surface area contributed by atoms with Crippen molar-refractivity contribution < 1.29 is 15.0 Å². The van der Waals surface area contributed by atoms with Crippen LogP contribution in [-0.2, 0) is 4.79 Å². The molecule has 0 saturated heterocycles. The zero-order valence-electron chi connectivity index (χ0n) is 15.5. The fraction of sp³-hybridized carbons (Fsp3) is 0.591. The number of allylic oxidation sites excluding steroid dienone is 7. The van der Waals surface area contributed by atoms with Crippen LogP contribution in [0.15, 0.2) is 48.6 Å². The van der Waals surface area contributed by atoms with E-state index >= 15 is 0 Å². The van der Waals surface area contributed by atoms with Gasteiger partial charge in [0.15, 0.2) is 0 Å². The largest absolute Gasteiger partial charge is 0.481 e. The summed E-state index contributed by atoms with van der Waals surface area (Å²) in [7, 11) is 0. The number of carboxylic acids is 1. The van der Waals surface area contributed by atoms with Crippen molar-refractivity contribution in [3.63, 3.8) is 0 Å². The second kappa shape index (κ2) is 13.7. The maximum absolute atomic E-state index is 10.5. The van der Waals surface area contributed by atoms with Crippen LogP contribution in [0, 0.1) is 11.8 Å². The molecule has 1 aliphatic rings. The maximum atomic E-state index is 10.5. The summed E-state index contributed by atoms with van der Waals surface area (Å²) in [6.45, 7) is 2.14. The quantitative estimate of drug-likeness (QED) is 0.463. The van der Waals surface area contributed by atoms with Crippen molar-refractivity contribution in [3.8, 4) is 0 Å². The molecule has 2 N–H and O–H groups in total. The molecule has 140 valence electrons. The number of aliphatic hydroxyl groups is 1. The number of carboxylic acid groups (broad SMARTS) is 1. The molecule has 0 spiro atoms. The standard InChI is InChI=1S/C22H34O3/c1-2-3-4-5-6-7-8-9-10-12-19-13-11-14-20(19)15-16-21(23)17-18-22(24)25/h3-4,6-7,9-10,15-16,19-21,23H,2,5,8,11-14,17-18H2,1H3,(H,24,25)/b4-3-,7-6-,10-9-,16-15+/t19-,20-,21-/m0/s1. The molecular formula is C22H34O3. The van der Waals surface area contributed by atoms with Gasteiger partial charge in [-0.25, -0.2) is 0 Å². The second-order valence-corrected chi connectivity index (χ2v) is 6.77. The minimum atomic E-state index is -0.855. The van der Waals surface area contributed by atoms with Gasteiger partial charge >= 0.3 is 5.97 Å². The molecule has 0 heterocycles. The van der Waals surface area contributed by atoms with E-state index < -0.39 is 12.1 Å². The van der Waals surface area contributed by atoms with Crippen molar-refractivity contribution in [1.29, 1.82) is 0 Å². The average Bonchev–Trinajstić information content (AvgIpc) is 3.04. The first kappa shape index (κ1) is 21.4. The summed E-state index contributed by atoms with van der Waals surface area (Å²) in [4.78, 5) is 10.5. The van der Waals surface area contributed by atoms with Crippen LogP contribution < -0.4 is 0 Å². The molecule has 25 heavy (non-hydrogen) atoms. The van der Waals surface area contributed by atoms with E-state index in [9.17, 15) is 9.90 Å². The summed E-state index contributed by atoms with van der Waals surface area (Å²) < 4.78 is 0. The molecule has 0 aliphatic heterocycles. The summed E-state index contributed by atoms with van der Waals surface area (Å²) in [6.07, 6.45) is 24.7. The monoisotopic (exact) mass is 346 g/mol. The van der Waals surface area contributed by atoms with Gasteiger partial charge in [0.2, 0.25) is 0 Å². The molecule has 0 radical (unpaired) electrons. The van der Waals surface area contributed by atoms with E-state index in [0.29, 0.717) is 18.3 Å². The Morgan fingerprint density at radius 3 is 2.44 bits per heavy atom. The van der Waals surface area contributed by atoms with E-state index in [1.165, 1.54) is 19.3 Å². The highest BCUT2D eigenvalue weighted by atomic mass is 16.4. The highest BCUT2D eigenvalue weighted by Gasteiger charge is 2.24. The number of hydrogen-bond donors (Lipinski definition) is 2. The molecule has 0 aromatic heterocycles. The predicted octanol–water partition coefficient (Wildman–Crippen LogP) is 5.43. The van der Waals surface area contributed by atoms with E-state index in [-0.39, 0.29) is 6.42 Å². The van der Waals surface area contributed by atoms with Crippen molar-refractivity contribution in [2.75, 3.05) is 0 Å². The van der Waals surface area contributed by atoms with E-state index in [0.717, 1.165) is 25.7 Å². The fourth-order valence-corrected chi connectivity index (χ4v) is 3.23. The van der Waals surface area contributed by atoms with Gasteiger partial charge in [-0.2, -0.15) is 0 Å². The molecule has 3 atom stereocenters. The van der Waals surface area contributed by atoms with Crippen molar-refractivity contribution in [3.05, 3.63) is 48.6 Å². The van der Waals surface area contributed by atoms with Gasteiger partial charge in [0.05, 0.1) is 6.10 Å². The van der Waals surface area contributed by atoms with Gasteiger partial charge in [-0.05, 0) is 56.8 Å². The molecular weight excluding hydrogens is 312 g/mol. The van der Waals surface area contributed by atoms with Gasteiger partial charge in [-0.3, -0.25) is 4.79 Å². The summed E-state index contributed by atoms with van der Waals surface area (Å²) in [5.41, 5.74) is 0. The first-order valence-corrected chi connectivity index (χ1v) is 9.66. The van der Waals surface area contributed by atoms with E-state index in [1.54, 1.807) is 6.08 Å². The summed E-state index contributed by atoms with van der Waals surface area (Å²) >= 11 is 0. The highest BCUT2D eigenvalue weighted by Crippen LogP contribution is 2.35. The van der Waals surface area contributed by atoms with Crippen LogP contribution in [0.3, 0.4) is 0 Å². The van der Waals surface area contributed by atoms with E-state index in [2.05, 4.69) is 49.5 Å². The maximum Gasteiger partial charge on any atom is 0.303 e. The Kier molecular flexibility index (Phi) is 11.7. The number of hydrogen-bond acceptors (Lipinski definition) is 2. The summed E-state index contributed by atoms with van der Waals surface area (Å²) in [5.74, 6) is 0.307. The average molecular weight is 347 g/mol. The zero-order valence-corrected chi connectivity index (χ0v) is 15.5. The van der Waals surface area contributed by atoms with Gasteiger partial charge in [0.25, 0.3) is 0 Å². The predicted molar refractivity (Wildman–Crippen MR) is 104 cm³/mol. The fourth-order valence-electron chi connectivity index (χ4n) is 3.23. The molecule has 3 nitrogen and oxygen atoms in total. The van der Waals surface area contributed by atoms with Crippen LogP contribution in [-0.4, -0.2) is 22.3 Å². The number of rotatable bonds is 12. The van der Waals surface area contributed by atoms with Crippen LogP contribution in [0.5, 0.6) is 0 Å². The van der Waals surface area contributed by atoms with Gasteiger partial charge in [-0.1, -0.05) is 62.0 Å². The smallest absolute Gasteiger partial charge is 0.303 e. The molecule has 0 aromatic carbocycles. The SMILES string of the molecule is CC/C=C\C/C=C\C/C=C\C[C@H]1CCC[C@H]1/C=C/[C@H](O)CCC(=O)O. The highest BCUT2D eigenvalue weighted by molar-refractivity contribution is 5.66. The Morgan fingerprint density at radius 1 is 1.08 bits per heavy atom. The lowest BCUT2D eigenvalue weighted by Gasteiger charge is -2.14. The summed E-state index contributed by atoms with van der Waals surface area (Å²) in [5, 5.41) is 18.5. The lowest BCUT2D eigenvalue weighted by atomic mass is 9.91. The van der Waals surface area contributed by atoms with E-state index in [1.807, 2.05) is 0 Å². The number of aliphatic hydroxyl groups excluding tert-OH is 1. The third kappa shape index (κ3) is 10.8. The van der Waals surface area contributed by atoms with Crippen LogP contribution >= 0.6 is 0 Å². The van der Waals surface area contributed by atoms with Gasteiger partial charge in [0.1, 0.15) is 0 Å². The van der Waals surface area contributed by atoms with Crippen LogP contribution in [0.1, 0.15) is 64.7 Å². The topological polar surface area (TPSA) is 57.5 Å². The van der Waals surface area contributed by atoms with Crippen molar-refractivity contribution in [2.24, 2.45) is 11.8 Å². The Morgan fingerprint density at radius 2 is 1.76 bits per heavy atom. The lowest BCUT2D eigenvalue weighted by Crippen LogP contribution is -2.09. The molecule has 3 heteroatoms. The van der Waals surface area contributed by atoms with Crippen molar-refractivity contribution in [2.45, 2.75) is 70.8 Å². The summed E-state index contributed by atoms with van der Waals surface area (Å²) in [6, 6.07) is 0. The molecule has 0 aromatic rings. The molecule has 0 bridgehead atoms. The normalized spacial score (nSPS) is 22.8. The minimum absolute atomic E-state index is 0.0179. The van der Waals surface area contributed by atoms with Gasteiger partial charge in [-0.15, -0.1) is 0 Å². The van der Waals surface area contributed by atoms with Crippen LogP contribution in [0.25, 0.3) is 0 Å². The van der Waals surface area contributed by atoms with E-state index in [4.69, 9.17) is 5.11 Å². The van der Waals surface area contributed by atoms with Crippen LogP contribution in [0.4, 0.5) is 0 Å². The van der Waals surface area contributed by atoms with Crippen LogP contribution in [0.2, 0.25) is 0 Å². The first-order valence-electron chi connectivity index (χ1n) is 9.66. The Labute approximate surface area is 152 Å². The Hall–Kier alpha value is -1.61. The third-order valence-corrected chi connectivity index (χ3v) is 4.67. The zero-order chi connectivity index (χ0) is 18.3. The molecule has 1 rings (SSSR count). The lowest BCUT2D eigenvalue weighted by molar-refractivity contribution is -0.137. The Balaban J connectivity index is 2.27. The van der Waals surface area contributed by atoms with Crippen molar-refractivity contribution in [1.82, 2.24) is 0 Å². The molecule has 1 fully saturated rings. The molecule has 1 aliphatic carbocycles. The minimum Gasteiger partial charge on any atom is -0.481 e. The number of aliphatic carboxylic acids is 1. The number of carbonyl (C=O) groups is 1. The third-order valence-electron chi connectivity index (χ3n) is 4.67. The Bertz CT molecular complexity index is 474. The first-order chi connectivity index (χ1) is 12.1. The molecule has 1 saturated carbocycles. The second-order valence-electron chi connectivity index (χ2n) is 6.77.